The number of nitrogens with one attached hydrogen (secondary N) is 1. The molecule has 4 nitrogen and oxygen atoms in total. The van der Waals surface area contributed by atoms with Gasteiger partial charge in [0.2, 0.25) is 5.91 Å². The van der Waals surface area contributed by atoms with Crippen molar-refractivity contribution in [3.05, 3.63) is 24.0 Å². The second kappa shape index (κ2) is 6.44. The maximum atomic E-state index is 12.3. The molecular formula is C16H27N3O. The smallest absolute Gasteiger partial charge is 0.242 e. The van der Waals surface area contributed by atoms with Gasteiger partial charge in [0.15, 0.2) is 0 Å². The minimum atomic E-state index is 0.239. The van der Waals surface area contributed by atoms with Crippen LogP contribution in [0.15, 0.2) is 18.5 Å². The van der Waals surface area contributed by atoms with E-state index >= 15 is 0 Å². The molecule has 4 heteroatoms. The molecule has 2 rings (SSSR count). The number of hydrogen-bond acceptors (Lipinski definition) is 2. The van der Waals surface area contributed by atoms with Gasteiger partial charge in [-0.15, -0.1) is 0 Å². The van der Waals surface area contributed by atoms with E-state index in [4.69, 9.17) is 0 Å². The van der Waals surface area contributed by atoms with Gasteiger partial charge in [-0.2, -0.15) is 0 Å². The molecule has 1 heterocycles. The minimum Gasteiger partial charge on any atom is -0.345 e. The summed E-state index contributed by atoms with van der Waals surface area (Å²) in [5, 5.41) is 3.34. The molecule has 1 aliphatic rings. The van der Waals surface area contributed by atoms with Gasteiger partial charge in [-0.3, -0.25) is 4.79 Å². The van der Waals surface area contributed by atoms with E-state index in [1.54, 1.807) is 0 Å². The van der Waals surface area contributed by atoms with Crippen LogP contribution in [0.25, 0.3) is 0 Å². The highest BCUT2D eigenvalue weighted by Crippen LogP contribution is 2.27. The average Bonchev–Trinajstić information content (AvgIpc) is 3.12. The van der Waals surface area contributed by atoms with E-state index in [1.807, 2.05) is 22.7 Å². The molecule has 1 unspecified atom stereocenters. The first-order chi connectivity index (χ1) is 9.56. The summed E-state index contributed by atoms with van der Waals surface area (Å²) in [6.07, 6.45) is 6.46. The predicted octanol–water partition coefficient (Wildman–Crippen LogP) is 2.42. The third-order valence-corrected chi connectivity index (χ3v) is 4.08. The fourth-order valence-corrected chi connectivity index (χ4v) is 2.90. The van der Waals surface area contributed by atoms with Gasteiger partial charge < -0.3 is 14.8 Å². The van der Waals surface area contributed by atoms with E-state index in [2.05, 4.69) is 38.4 Å². The zero-order valence-corrected chi connectivity index (χ0v) is 13.1. The molecule has 0 aromatic carbocycles. The molecule has 1 aromatic rings. The fourth-order valence-electron chi connectivity index (χ4n) is 2.90. The van der Waals surface area contributed by atoms with Crippen LogP contribution in [0.1, 0.15) is 45.2 Å². The lowest BCUT2D eigenvalue weighted by Gasteiger charge is -2.21. The highest BCUT2D eigenvalue weighted by Gasteiger charge is 2.31. The van der Waals surface area contributed by atoms with Gasteiger partial charge in [0.05, 0.1) is 0 Å². The summed E-state index contributed by atoms with van der Waals surface area (Å²) in [7, 11) is 1.99. The summed E-state index contributed by atoms with van der Waals surface area (Å²) in [5.74, 6) is 0.771. The third kappa shape index (κ3) is 3.42. The SMILES string of the molecule is CCN(C(=O)Cn1ccc(C(NC)C(C)C)c1)C1CC1. The van der Waals surface area contributed by atoms with Gasteiger partial charge >= 0.3 is 0 Å². The standard InChI is InChI=1S/C16H27N3O/c1-5-19(14-6-7-14)15(20)11-18-9-8-13(10-18)16(17-4)12(2)3/h8-10,12,14,16-17H,5-7,11H2,1-4H3. The Hall–Kier alpha value is -1.29. The summed E-state index contributed by atoms with van der Waals surface area (Å²) >= 11 is 0. The number of amides is 1. The number of aromatic nitrogens is 1. The van der Waals surface area contributed by atoms with E-state index in [0.717, 1.165) is 6.54 Å². The molecule has 1 aliphatic carbocycles. The van der Waals surface area contributed by atoms with Crippen LogP contribution in [0.3, 0.4) is 0 Å². The lowest BCUT2D eigenvalue weighted by atomic mass is 9.99. The minimum absolute atomic E-state index is 0.239. The summed E-state index contributed by atoms with van der Waals surface area (Å²) in [5.41, 5.74) is 1.25. The maximum absolute atomic E-state index is 12.3. The molecule has 1 aromatic heterocycles. The van der Waals surface area contributed by atoms with Crippen LogP contribution in [-0.2, 0) is 11.3 Å². The van der Waals surface area contributed by atoms with Crippen molar-refractivity contribution in [1.29, 1.82) is 0 Å². The molecule has 1 amide bonds. The molecule has 1 saturated carbocycles. The van der Waals surface area contributed by atoms with Crippen LogP contribution in [0.2, 0.25) is 0 Å². The molecular weight excluding hydrogens is 250 g/mol. The van der Waals surface area contributed by atoms with Gasteiger partial charge in [-0.05, 0) is 44.4 Å². The van der Waals surface area contributed by atoms with Crippen molar-refractivity contribution in [1.82, 2.24) is 14.8 Å². The first-order valence-corrected chi connectivity index (χ1v) is 7.69. The first kappa shape index (κ1) is 15.1. The number of rotatable bonds is 7. The van der Waals surface area contributed by atoms with Crippen molar-refractivity contribution in [2.75, 3.05) is 13.6 Å². The fraction of sp³-hybridized carbons (Fsp3) is 0.688. The first-order valence-electron chi connectivity index (χ1n) is 7.69. The quantitative estimate of drug-likeness (QED) is 0.831. The number of nitrogens with zero attached hydrogens (tertiary/aromatic N) is 2. The lowest BCUT2D eigenvalue weighted by molar-refractivity contribution is -0.132. The Kier molecular flexibility index (Phi) is 4.86. The number of carbonyl (C=O) groups is 1. The Bertz CT molecular complexity index is 448. The molecule has 1 N–H and O–H groups in total. The molecule has 20 heavy (non-hydrogen) atoms. The topological polar surface area (TPSA) is 37.3 Å². The van der Waals surface area contributed by atoms with Crippen LogP contribution in [-0.4, -0.2) is 35.0 Å². The lowest BCUT2D eigenvalue weighted by Crippen LogP contribution is -2.35. The summed E-state index contributed by atoms with van der Waals surface area (Å²) in [6.45, 7) is 7.75. The van der Waals surface area contributed by atoms with Crippen molar-refractivity contribution >= 4 is 5.91 Å². The molecule has 1 fully saturated rings. The van der Waals surface area contributed by atoms with Gasteiger partial charge in [-0.25, -0.2) is 0 Å². The van der Waals surface area contributed by atoms with Crippen molar-refractivity contribution in [3.63, 3.8) is 0 Å². The van der Waals surface area contributed by atoms with Gasteiger partial charge in [-0.1, -0.05) is 13.8 Å². The van der Waals surface area contributed by atoms with E-state index in [-0.39, 0.29) is 5.91 Å². The van der Waals surface area contributed by atoms with E-state index in [1.165, 1.54) is 18.4 Å². The van der Waals surface area contributed by atoms with E-state index in [0.29, 0.717) is 24.5 Å². The van der Waals surface area contributed by atoms with Crippen LogP contribution < -0.4 is 5.32 Å². The Morgan fingerprint density at radius 3 is 2.70 bits per heavy atom. The molecule has 112 valence electrons. The van der Waals surface area contributed by atoms with Gasteiger partial charge in [0, 0.05) is 31.0 Å². The number of likely N-dealkylation sites (N-methyl/N-ethyl adjacent to an activating group) is 1. The Balaban J connectivity index is 2.00. The molecule has 0 spiro atoms. The van der Waals surface area contributed by atoms with Crippen molar-refractivity contribution in [2.24, 2.45) is 5.92 Å². The number of carbonyl (C=O) groups excluding carboxylic acids is 1. The molecule has 0 saturated heterocycles. The second-order valence-corrected chi connectivity index (χ2v) is 6.04. The highest BCUT2D eigenvalue weighted by molar-refractivity contribution is 5.76. The Morgan fingerprint density at radius 1 is 1.50 bits per heavy atom. The van der Waals surface area contributed by atoms with Crippen LogP contribution in [0.4, 0.5) is 0 Å². The summed E-state index contributed by atoms with van der Waals surface area (Å²) < 4.78 is 2.01. The molecule has 0 bridgehead atoms. The van der Waals surface area contributed by atoms with E-state index < -0.39 is 0 Å². The zero-order valence-electron chi connectivity index (χ0n) is 13.1. The van der Waals surface area contributed by atoms with Crippen LogP contribution in [0.5, 0.6) is 0 Å². The Labute approximate surface area is 122 Å². The second-order valence-electron chi connectivity index (χ2n) is 6.04. The van der Waals surface area contributed by atoms with Crippen LogP contribution >= 0.6 is 0 Å². The van der Waals surface area contributed by atoms with Crippen LogP contribution in [0, 0.1) is 5.92 Å². The van der Waals surface area contributed by atoms with Gasteiger partial charge in [0.1, 0.15) is 6.54 Å². The summed E-state index contributed by atoms with van der Waals surface area (Å²) in [6, 6.07) is 2.96. The molecule has 1 atom stereocenters. The molecule has 0 radical (unpaired) electrons. The normalized spacial score (nSPS) is 16.4. The highest BCUT2D eigenvalue weighted by atomic mass is 16.2. The van der Waals surface area contributed by atoms with Crippen molar-refractivity contribution in [3.8, 4) is 0 Å². The monoisotopic (exact) mass is 277 g/mol. The average molecular weight is 277 g/mol. The zero-order chi connectivity index (χ0) is 14.7. The largest absolute Gasteiger partial charge is 0.345 e. The van der Waals surface area contributed by atoms with E-state index in [9.17, 15) is 4.79 Å². The number of hydrogen-bond donors (Lipinski definition) is 1. The maximum Gasteiger partial charge on any atom is 0.242 e. The van der Waals surface area contributed by atoms with Crippen molar-refractivity contribution in [2.45, 2.75) is 52.2 Å². The Morgan fingerprint density at radius 2 is 2.20 bits per heavy atom. The predicted molar refractivity (Wildman–Crippen MR) is 81.5 cm³/mol. The third-order valence-electron chi connectivity index (χ3n) is 4.08. The van der Waals surface area contributed by atoms with Gasteiger partial charge in [0.25, 0.3) is 0 Å². The van der Waals surface area contributed by atoms with Crippen molar-refractivity contribution < 1.29 is 4.79 Å². The molecule has 0 aliphatic heterocycles. The summed E-state index contributed by atoms with van der Waals surface area (Å²) in [4.78, 5) is 14.3.